The van der Waals surface area contributed by atoms with E-state index in [1.165, 1.54) is 31.5 Å². The monoisotopic (exact) mass is 308 g/mol. The molecule has 3 atom stereocenters. The molecule has 3 rings (SSSR count). The average Bonchev–Trinajstić information content (AvgIpc) is 2.46. The number of fused-ring (bicyclic) bond motifs is 1. The second kappa shape index (κ2) is 6.15. The molecule has 0 bridgehead atoms. The molecule has 116 valence electrons. The predicted molar refractivity (Wildman–Crippen MR) is 88.1 cm³/mol. The Balaban J connectivity index is 1.75. The second-order valence-electron chi connectivity index (χ2n) is 6.57. The Hall–Kier alpha value is -0.770. The highest BCUT2D eigenvalue weighted by Crippen LogP contribution is 2.34. The molecule has 2 aliphatic heterocycles. The molecule has 1 aromatic carbocycles. The maximum absolute atomic E-state index is 9.69. The molecule has 0 saturated carbocycles. The number of benzene rings is 1. The van der Waals surface area contributed by atoms with Crippen LogP contribution in [0.2, 0.25) is 5.02 Å². The van der Waals surface area contributed by atoms with Gasteiger partial charge in [-0.15, -0.1) is 0 Å². The molecule has 2 aliphatic rings. The van der Waals surface area contributed by atoms with Crippen LogP contribution in [0.25, 0.3) is 0 Å². The van der Waals surface area contributed by atoms with Gasteiger partial charge in [-0.05, 0) is 63.4 Å². The molecule has 3 nitrogen and oxygen atoms in total. The van der Waals surface area contributed by atoms with Crippen LogP contribution in [0.3, 0.4) is 0 Å². The van der Waals surface area contributed by atoms with Gasteiger partial charge in [-0.1, -0.05) is 17.7 Å². The Morgan fingerprint density at radius 1 is 1.29 bits per heavy atom. The quantitative estimate of drug-likeness (QED) is 0.908. The number of hydrogen-bond acceptors (Lipinski definition) is 3. The average molecular weight is 309 g/mol. The number of likely N-dealkylation sites (tertiary alicyclic amines) is 1. The van der Waals surface area contributed by atoms with Crippen molar-refractivity contribution in [1.82, 2.24) is 4.90 Å². The minimum absolute atomic E-state index is 0.510. The second-order valence-corrected chi connectivity index (χ2v) is 6.97. The highest BCUT2D eigenvalue weighted by Gasteiger charge is 2.34. The highest BCUT2D eigenvalue weighted by atomic mass is 35.5. The van der Waals surface area contributed by atoms with Crippen LogP contribution < -0.4 is 4.90 Å². The summed E-state index contributed by atoms with van der Waals surface area (Å²) in [4.78, 5) is 4.99. The van der Waals surface area contributed by atoms with Crippen LogP contribution >= 0.6 is 11.6 Å². The number of anilines is 1. The van der Waals surface area contributed by atoms with Gasteiger partial charge in [0.1, 0.15) is 0 Å². The van der Waals surface area contributed by atoms with E-state index in [-0.39, 0.29) is 0 Å². The largest absolute Gasteiger partial charge is 0.389 e. The fraction of sp³-hybridized carbons (Fsp3) is 0.647. The first-order valence-corrected chi connectivity index (χ1v) is 8.36. The molecule has 1 N–H and O–H groups in total. The van der Waals surface area contributed by atoms with Crippen LogP contribution in [0.1, 0.15) is 37.9 Å². The van der Waals surface area contributed by atoms with Crippen molar-refractivity contribution in [2.45, 2.75) is 38.3 Å². The van der Waals surface area contributed by atoms with Gasteiger partial charge in [0.25, 0.3) is 0 Å². The molecule has 1 aromatic rings. The van der Waals surface area contributed by atoms with Gasteiger partial charge in [-0.3, -0.25) is 0 Å². The van der Waals surface area contributed by atoms with Crippen molar-refractivity contribution in [3.8, 4) is 0 Å². The molecule has 2 fully saturated rings. The Morgan fingerprint density at radius 2 is 2.10 bits per heavy atom. The SMILES string of the molecule is CC(O)c1ccc(N2CCC3C(CCCN3C)C2)cc1Cl. The first-order chi connectivity index (χ1) is 10.1. The van der Waals surface area contributed by atoms with Crippen molar-refractivity contribution in [3.63, 3.8) is 0 Å². The number of piperidine rings is 2. The zero-order chi connectivity index (χ0) is 15.0. The maximum atomic E-state index is 9.69. The first kappa shape index (κ1) is 15.1. The van der Waals surface area contributed by atoms with E-state index < -0.39 is 6.10 Å². The standard InChI is InChI=1S/C17H25ClN2O/c1-12(21)15-6-5-14(10-16(15)18)20-9-7-17-13(11-20)4-3-8-19(17)2/h5-6,10,12-13,17,21H,3-4,7-9,11H2,1-2H3. The number of aliphatic hydroxyl groups is 1. The molecule has 21 heavy (non-hydrogen) atoms. The van der Waals surface area contributed by atoms with Crippen LogP contribution in [0, 0.1) is 5.92 Å². The molecule has 0 amide bonds. The fourth-order valence-electron chi connectivity index (χ4n) is 3.94. The summed E-state index contributed by atoms with van der Waals surface area (Å²) in [5.74, 6) is 0.771. The molecule has 4 heteroatoms. The summed E-state index contributed by atoms with van der Waals surface area (Å²) in [5, 5.41) is 10.4. The van der Waals surface area contributed by atoms with E-state index in [9.17, 15) is 5.11 Å². The van der Waals surface area contributed by atoms with Gasteiger partial charge in [0.15, 0.2) is 0 Å². The summed E-state index contributed by atoms with van der Waals surface area (Å²) in [7, 11) is 2.26. The number of aliphatic hydroxyl groups excluding tert-OH is 1. The lowest BCUT2D eigenvalue weighted by Gasteiger charge is -2.46. The normalized spacial score (nSPS) is 28.3. The van der Waals surface area contributed by atoms with Crippen LogP contribution in [-0.2, 0) is 0 Å². The predicted octanol–water partition coefficient (Wildman–Crippen LogP) is 3.31. The van der Waals surface area contributed by atoms with Crippen molar-refractivity contribution in [2.75, 3.05) is 31.6 Å². The van der Waals surface area contributed by atoms with Crippen molar-refractivity contribution in [1.29, 1.82) is 0 Å². The van der Waals surface area contributed by atoms with E-state index in [0.717, 1.165) is 30.6 Å². The van der Waals surface area contributed by atoms with Gasteiger partial charge >= 0.3 is 0 Å². The lowest BCUT2D eigenvalue weighted by atomic mass is 9.84. The number of rotatable bonds is 2. The van der Waals surface area contributed by atoms with E-state index in [1.54, 1.807) is 6.92 Å². The summed E-state index contributed by atoms with van der Waals surface area (Å²) in [5.41, 5.74) is 2.00. The maximum Gasteiger partial charge on any atom is 0.0776 e. The molecule has 3 unspecified atom stereocenters. The van der Waals surface area contributed by atoms with E-state index in [4.69, 9.17) is 11.6 Å². The summed E-state index contributed by atoms with van der Waals surface area (Å²) < 4.78 is 0. The van der Waals surface area contributed by atoms with Gasteiger partial charge < -0.3 is 14.9 Å². The highest BCUT2D eigenvalue weighted by molar-refractivity contribution is 6.31. The third-order valence-electron chi connectivity index (χ3n) is 5.14. The topological polar surface area (TPSA) is 26.7 Å². The smallest absolute Gasteiger partial charge is 0.0776 e. The van der Waals surface area contributed by atoms with Gasteiger partial charge in [0.2, 0.25) is 0 Å². The summed E-state index contributed by atoms with van der Waals surface area (Å²) in [6.07, 6.45) is 3.37. The minimum atomic E-state index is -0.510. The van der Waals surface area contributed by atoms with Gasteiger partial charge in [-0.2, -0.15) is 0 Å². The number of halogens is 1. The van der Waals surface area contributed by atoms with Gasteiger partial charge in [0.05, 0.1) is 6.10 Å². The first-order valence-electron chi connectivity index (χ1n) is 7.99. The third-order valence-corrected chi connectivity index (χ3v) is 5.47. The number of hydrogen-bond donors (Lipinski definition) is 1. The van der Waals surface area contributed by atoms with E-state index in [2.05, 4.69) is 22.9 Å². The lowest BCUT2D eigenvalue weighted by Crippen LogP contribution is -2.52. The zero-order valence-electron chi connectivity index (χ0n) is 12.9. The Kier molecular flexibility index (Phi) is 4.43. The Morgan fingerprint density at radius 3 is 2.81 bits per heavy atom. The van der Waals surface area contributed by atoms with Crippen molar-refractivity contribution >= 4 is 17.3 Å². The summed E-state index contributed by atoms with van der Waals surface area (Å²) in [6.45, 7) is 5.22. The van der Waals surface area contributed by atoms with Crippen LogP contribution in [0.5, 0.6) is 0 Å². The van der Waals surface area contributed by atoms with Crippen LogP contribution in [0.4, 0.5) is 5.69 Å². The van der Waals surface area contributed by atoms with Crippen LogP contribution in [-0.4, -0.2) is 42.7 Å². The number of nitrogens with zero attached hydrogens (tertiary/aromatic N) is 2. The van der Waals surface area contributed by atoms with E-state index in [0.29, 0.717) is 5.02 Å². The fourth-order valence-corrected chi connectivity index (χ4v) is 4.27. The van der Waals surface area contributed by atoms with E-state index in [1.807, 2.05) is 12.1 Å². The third kappa shape index (κ3) is 3.05. The molecular weight excluding hydrogens is 284 g/mol. The molecule has 0 aromatic heterocycles. The van der Waals surface area contributed by atoms with Crippen molar-refractivity contribution < 1.29 is 5.11 Å². The lowest BCUT2D eigenvalue weighted by molar-refractivity contribution is 0.102. The molecule has 2 saturated heterocycles. The summed E-state index contributed by atoms with van der Waals surface area (Å²) in [6, 6.07) is 6.82. The van der Waals surface area contributed by atoms with Crippen molar-refractivity contribution in [3.05, 3.63) is 28.8 Å². The van der Waals surface area contributed by atoms with Crippen molar-refractivity contribution in [2.24, 2.45) is 5.92 Å². The molecule has 2 heterocycles. The minimum Gasteiger partial charge on any atom is -0.389 e. The molecular formula is C17H25ClN2O. The Bertz CT molecular complexity index is 506. The van der Waals surface area contributed by atoms with Gasteiger partial charge in [0, 0.05) is 29.8 Å². The zero-order valence-corrected chi connectivity index (χ0v) is 13.7. The summed E-state index contributed by atoms with van der Waals surface area (Å²) >= 11 is 6.31. The van der Waals surface area contributed by atoms with E-state index >= 15 is 0 Å². The van der Waals surface area contributed by atoms with Gasteiger partial charge in [-0.25, -0.2) is 0 Å². The Labute approximate surface area is 132 Å². The molecule has 0 aliphatic carbocycles. The van der Waals surface area contributed by atoms with Crippen LogP contribution in [0.15, 0.2) is 18.2 Å². The molecule has 0 radical (unpaired) electrons. The molecule has 0 spiro atoms.